The van der Waals surface area contributed by atoms with Gasteiger partial charge < -0.3 is 0 Å². The molecule has 0 aromatic carbocycles. The third kappa shape index (κ3) is 7.19. The van der Waals surface area contributed by atoms with E-state index in [2.05, 4.69) is 13.8 Å². The maximum absolute atomic E-state index is 12.3. The molecule has 0 aromatic rings. The summed E-state index contributed by atoms with van der Waals surface area (Å²) in [5.74, 6) is 0.739. The molecule has 0 N–H and O–H groups in total. The first-order valence-electron chi connectivity index (χ1n) is 7.52. The standard InChI is InChI=1S/C13H24F3N.C2H6/c1-4-12(7-5-11(2)6-8-12)9-17(3)10-13(14,15)16;1-2/h11H,4-10H2,1-3H3;1-2H3. The van der Waals surface area contributed by atoms with Crippen LogP contribution in [0, 0.1) is 11.3 Å². The van der Waals surface area contributed by atoms with Crippen molar-refractivity contribution in [3.63, 3.8) is 0 Å². The van der Waals surface area contributed by atoms with E-state index >= 15 is 0 Å². The molecule has 1 aliphatic carbocycles. The van der Waals surface area contributed by atoms with Crippen LogP contribution >= 0.6 is 0 Å². The lowest BCUT2D eigenvalue weighted by atomic mass is 9.69. The second kappa shape index (κ2) is 8.13. The van der Waals surface area contributed by atoms with E-state index in [0.29, 0.717) is 6.54 Å². The minimum absolute atomic E-state index is 0.118. The first-order chi connectivity index (χ1) is 8.76. The number of nitrogens with zero attached hydrogens (tertiary/aromatic N) is 1. The lowest BCUT2D eigenvalue weighted by molar-refractivity contribution is -0.146. The van der Waals surface area contributed by atoms with Crippen LogP contribution < -0.4 is 0 Å². The Bertz CT molecular complexity index is 230. The topological polar surface area (TPSA) is 3.24 Å². The second-order valence-corrected chi connectivity index (χ2v) is 5.82. The Morgan fingerprint density at radius 1 is 1.16 bits per heavy atom. The zero-order chi connectivity index (χ0) is 15.1. The maximum Gasteiger partial charge on any atom is 0.401 e. The Hall–Kier alpha value is -0.250. The third-order valence-electron chi connectivity index (χ3n) is 4.14. The van der Waals surface area contributed by atoms with Gasteiger partial charge in [-0.05, 0) is 37.6 Å². The summed E-state index contributed by atoms with van der Waals surface area (Å²) in [6, 6.07) is 0. The van der Waals surface area contributed by atoms with Crippen LogP contribution in [0.4, 0.5) is 13.2 Å². The highest BCUT2D eigenvalue weighted by Gasteiger charge is 2.36. The lowest BCUT2D eigenvalue weighted by Crippen LogP contribution is -2.41. The quantitative estimate of drug-likeness (QED) is 0.692. The predicted molar refractivity (Wildman–Crippen MR) is 75.3 cm³/mol. The summed E-state index contributed by atoms with van der Waals surface area (Å²) in [7, 11) is 1.59. The Kier molecular flexibility index (Phi) is 8.02. The molecular weight excluding hydrogens is 251 g/mol. The van der Waals surface area contributed by atoms with Crippen LogP contribution in [0.1, 0.15) is 59.8 Å². The highest BCUT2D eigenvalue weighted by molar-refractivity contribution is 4.86. The smallest absolute Gasteiger partial charge is 0.298 e. The van der Waals surface area contributed by atoms with Gasteiger partial charge in [0, 0.05) is 6.54 Å². The fraction of sp³-hybridized carbons (Fsp3) is 1.00. The van der Waals surface area contributed by atoms with E-state index in [1.54, 1.807) is 7.05 Å². The van der Waals surface area contributed by atoms with Crippen LogP contribution in [0.5, 0.6) is 0 Å². The van der Waals surface area contributed by atoms with Gasteiger partial charge in [0.1, 0.15) is 0 Å². The van der Waals surface area contributed by atoms with Crippen molar-refractivity contribution in [1.82, 2.24) is 4.90 Å². The van der Waals surface area contributed by atoms with Crippen molar-refractivity contribution in [2.24, 2.45) is 11.3 Å². The normalized spacial score (nSPS) is 27.9. The minimum atomic E-state index is -4.08. The molecule has 0 amide bonds. The van der Waals surface area contributed by atoms with Crippen LogP contribution in [-0.4, -0.2) is 31.2 Å². The molecule has 19 heavy (non-hydrogen) atoms. The minimum Gasteiger partial charge on any atom is -0.298 e. The Balaban J connectivity index is 0.00000154. The summed E-state index contributed by atoms with van der Waals surface area (Å²) in [6.45, 7) is 8.14. The summed E-state index contributed by atoms with van der Waals surface area (Å²) in [6.07, 6.45) is 1.38. The van der Waals surface area contributed by atoms with Crippen molar-refractivity contribution < 1.29 is 13.2 Å². The van der Waals surface area contributed by atoms with Crippen LogP contribution in [0.2, 0.25) is 0 Å². The summed E-state index contributed by atoms with van der Waals surface area (Å²) in [5, 5.41) is 0. The van der Waals surface area contributed by atoms with E-state index in [1.165, 1.54) is 4.90 Å². The van der Waals surface area contributed by atoms with Gasteiger partial charge in [-0.25, -0.2) is 0 Å². The molecule has 0 aliphatic heterocycles. The Labute approximate surface area is 116 Å². The highest BCUT2D eigenvalue weighted by atomic mass is 19.4. The maximum atomic E-state index is 12.3. The lowest BCUT2D eigenvalue weighted by Gasteiger charge is -2.41. The average molecular weight is 281 g/mol. The van der Waals surface area contributed by atoms with Crippen LogP contribution in [0.3, 0.4) is 0 Å². The summed E-state index contributed by atoms with van der Waals surface area (Å²) in [5.41, 5.74) is 0.118. The molecule has 0 saturated heterocycles. The largest absolute Gasteiger partial charge is 0.401 e. The molecule has 1 rings (SSSR count). The van der Waals surface area contributed by atoms with Gasteiger partial charge in [-0.15, -0.1) is 0 Å². The SMILES string of the molecule is CC.CCC1(CN(C)CC(F)(F)F)CCC(C)CC1. The molecule has 4 heteroatoms. The van der Waals surface area contributed by atoms with E-state index < -0.39 is 12.7 Å². The second-order valence-electron chi connectivity index (χ2n) is 5.82. The van der Waals surface area contributed by atoms with E-state index in [0.717, 1.165) is 38.0 Å². The van der Waals surface area contributed by atoms with E-state index in [9.17, 15) is 13.2 Å². The van der Waals surface area contributed by atoms with E-state index in [-0.39, 0.29) is 5.41 Å². The number of rotatable bonds is 4. The van der Waals surface area contributed by atoms with Gasteiger partial charge in [0.2, 0.25) is 0 Å². The summed E-state index contributed by atoms with van der Waals surface area (Å²) in [4.78, 5) is 1.44. The van der Waals surface area contributed by atoms with Crippen molar-refractivity contribution in [3.8, 4) is 0 Å². The van der Waals surface area contributed by atoms with Crippen molar-refractivity contribution in [1.29, 1.82) is 0 Å². The monoisotopic (exact) mass is 281 g/mol. The molecule has 1 fully saturated rings. The number of hydrogen-bond acceptors (Lipinski definition) is 1. The molecule has 0 bridgehead atoms. The molecule has 116 valence electrons. The third-order valence-corrected chi connectivity index (χ3v) is 4.14. The Morgan fingerprint density at radius 2 is 1.63 bits per heavy atom. The van der Waals surface area contributed by atoms with Gasteiger partial charge >= 0.3 is 6.18 Å². The molecule has 0 atom stereocenters. The predicted octanol–water partition coefficient (Wildman–Crippen LogP) is 5.11. The van der Waals surface area contributed by atoms with Crippen LogP contribution in [0.15, 0.2) is 0 Å². The van der Waals surface area contributed by atoms with E-state index in [1.807, 2.05) is 13.8 Å². The van der Waals surface area contributed by atoms with Gasteiger partial charge in [0.05, 0.1) is 6.54 Å². The number of alkyl halides is 3. The van der Waals surface area contributed by atoms with Gasteiger partial charge in [-0.3, -0.25) is 4.90 Å². The van der Waals surface area contributed by atoms with Gasteiger partial charge in [-0.1, -0.05) is 40.5 Å². The van der Waals surface area contributed by atoms with Crippen molar-refractivity contribution in [3.05, 3.63) is 0 Å². The zero-order valence-electron chi connectivity index (χ0n) is 13.1. The highest BCUT2D eigenvalue weighted by Crippen LogP contribution is 2.42. The fourth-order valence-corrected chi connectivity index (χ4v) is 2.93. The van der Waals surface area contributed by atoms with Crippen molar-refractivity contribution in [2.45, 2.75) is 66.0 Å². The molecule has 1 aliphatic rings. The molecule has 0 radical (unpaired) electrons. The molecule has 1 nitrogen and oxygen atoms in total. The summed E-state index contributed by atoms with van der Waals surface area (Å²) < 4.78 is 36.9. The number of halogens is 3. The molecule has 0 spiro atoms. The summed E-state index contributed by atoms with van der Waals surface area (Å²) >= 11 is 0. The van der Waals surface area contributed by atoms with Crippen LogP contribution in [0.25, 0.3) is 0 Å². The van der Waals surface area contributed by atoms with Gasteiger partial charge in [0.25, 0.3) is 0 Å². The number of hydrogen-bond donors (Lipinski definition) is 0. The molecular formula is C15H30F3N. The molecule has 1 saturated carbocycles. The van der Waals surface area contributed by atoms with Gasteiger partial charge in [-0.2, -0.15) is 13.2 Å². The first kappa shape index (κ1) is 18.8. The van der Waals surface area contributed by atoms with E-state index in [4.69, 9.17) is 0 Å². The Morgan fingerprint density at radius 3 is 2.00 bits per heavy atom. The molecule has 0 aromatic heterocycles. The zero-order valence-corrected chi connectivity index (χ0v) is 13.1. The van der Waals surface area contributed by atoms with Crippen LogP contribution in [-0.2, 0) is 0 Å². The van der Waals surface area contributed by atoms with Crippen molar-refractivity contribution >= 4 is 0 Å². The molecule has 0 unspecified atom stereocenters. The molecule has 0 heterocycles. The van der Waals surface area contributed by atoms with Gasteiger partial charge in [0.15, 0.2) is 0 Å². The fourth-order valence-electron chi connectivity index (χ4n) is 2.93. The first-order valence-corrected chi connectivity index (χ1v) is 7.52. The average Bonchev–Trinajstić information content (AvgIpc) is 2.33. The van der Waals surface area contributed by atoms with Crippen molar-refractivity contribution in [2.75, 3.05) is 20.1 Å².